The number of carbonyl (C=O) groups is 1. The first kappa shape index (κ1) is 27.9. The number of allylic oxidation sites excluding steroid dienone is 1. The third-order valence-electron chi connectivity index (χ3n) is 6.21. The molecule has 1 heterocycles. The number of rotatable bonds is 10. The largest absolute Gasteiger partial charge is 0.493 e. The summed E-state index contributed by atoms with van der Waals surface area (Å²) in [5.74, 6) is 1.86. The molecule has 0 atom stereocenters. The number of imidazole rings is 1. The van der Waals surface area contributed by atoms with Crippen molar-refractivity contribution in [1.82, 2.24) is 9.13 Å². The molecule has 0 amide bonds. The molecule has 40 heavy (non-hydrogen) atoms. The average molecular weight is 547 g/mol. The molecule has 10 nitrogen and oxygen atoms in total. The summed E-state index contributed by atoms with van der Waals surface area (Å²) in [5, 5.41) is 0. The summed E-state index contributed by atoms with van der Waals surface area (Å²) in [6.07, 6.45) is 4.47. The third kappa shape index (κ3) is 5.24. The summed E-state index contributed by atoms with van der Waals surface area (Å²) in [7, 11) is 9.01. The Labute approximate surface area is 231 Å². The van der Waals surface area contributed by atoms with Crippen LogP contribution in [0.4, 0.5) is 0 Å². The van der Waals surface area contributed by atoms with E-state index >= 15 is 0 Å². The molecule has 1 aromatic heterocycles. The number of nitrogens with zero attached hydrogens (tertiary/aromatic N) is 2. The molecule has 4 rings (SSSR count). The van der Waals surface area contributed by atoms with Crippen molar-refractivity contribution in [3.8, 4) is 51.4 Å². The van der Waals surface area contributed by atoms with Crippen LogP contribution in [0.3, 0.4) is 0 Å². The van der Waals surface area contributed by atoms with Crippen LogP contribution in [0.25, 0.3) is 23.0 Å². The Hall–Kier alpha value is -5.12. The fourth-order valence-corrected chi connectivity index (χ4v) is 4.30. The molecule has 0 spiro atoms. The Morgan fingerprint density at radius 2 is 1.20 bits per heavy atom. The number of hydrogen-bond acceptors (Lipinski definition) is 8. The number of carbonyl (C=O) groups excluding carboxylic acids is 1. The quantitative estimate of drug-likeness (QED) is 0.264. The molecule has 0 radical (unpaired) electrons. The van der Waals surface area contributed by atoms with Crippen LogP contribution in [-0.4, -0.2) is 57.7 Å². The van der Waals surface area contributed by atoms with E-state index in [2.05, 4.69) is 0 Å². The predicted molar refractivity (Wildman–Crippen MR) is 151 cm³/mol. The zero-order chi connectivity index (χ0) is 28.8. The molecule has 4 aromatic rings. The van der Waals surface area contributed by atoms with Crippen molar-refractivity contribution in [2.75, 3.05) is 42.7 Å². The molecule has 0 saturated heterocycles. The molecule has 10 heteroatoms. The Bertz CT molecular complexity index is 1550. The van der Waals surface area contributed by atoms with Crippen molar-refractivity contribution in [1.29, 1.82) is 0 Å². The molecule has 0 fully saturated rings. The average Bonchev–Trinajstić information content (AvgIpc) is 3.35. The molecule has 0 aliphatic rings. The van der Waals surface area contributed by atoms with E-state index in [0.29, 0.717) is 57.0 Å². The Morgan fingerprint density at radius 3 is 1.68 bits per heavy atom. The maximum Gasteiger partial charge on any atom is 0.340 e. The minimum Gasteiger partial charge on any atom is -0.493 e. The van der Waals surface area contributed by atoms with Gasteiger partial charge < -0.3 is 28.4 Å². The van der Waals surface area contributed by atoms with Gasteiger partial charge in [0.15, 0.2) is 23.0 Å². The summed E-state index contributed by atoms with van der Waals surface area (Å²) in [5.41, 5.74) is 1.49. The summed E-state index contributed by atoms with van der Waals surface area (Å²) >= 11 is 0. The monoisotopic (exact) mass is 546 g/mol. The van der Waals surface area contributed by atoms with Crippen LogP contribution < -0.4 is 34.1 Å². The predicted octanol–water partition coefficient (Wildman–Crippen LogP) is 4.71. The highest BCUT2D eigenvalue weighted by atomic mass is 16.5. The first-order chi connectivity index (χ1) is 19.4. The number of para-hydroxylation sites is 1. The minimum absolute atomic E-state index is 0.327. The fraction of sp³-hybridized carbons (Fsp3) is 0.200. The lowest BCUT2D eigenvalue weighted by Crippen LogP contribution is -2.27. The van der Waals surface area contributed by atoms with Crippen LogP contribution in [0.5, 0.6) is 34.5 Å². The molecule has 208 valence electrons. The molecule has 3 aromatic carbocycles. The van der Waals surface area contributed by atoms with Gasteiger partial charge in [0.2, 0.25) is 11.5 Å². The zero-order valence-corrected chi connectivity index (χ0v) is 23.1. The third-order valence-corrected chi connectivity index (χ3v) is 6.21. The number of aromatic nitrogens is 2. The Balaban J connectivity index is 1.88. The second-order valence-electron chi connectivity index (χ2n) is 8.38. The van der Waals surface area contributed by atoms with Crippen LogP contribution in [-0.2, 0) is 0 Å². The van der Waals surface area contributed by atoms with Crippen molar-refractivity contribution >= 4 is 12.0 Å². The molecular formula is C30H30N2O8. The van der Waals surface area contributed by atoms with Gasteiger partial charge in [-0.15, -0.1) is 0 Å². The Kier molecular flexibility index (Phi) is 8.48. The number of benzene rings is 3. The van der Waals surface area contributed by atoms with Crippen LogP contribution in [0.15, 0.2) is 71.7 Å². The highest BCUT2D eigenvalue weighted by Gasteiger charge is 2.22. The summed E-state index contributed by atoms with van der Waals surface area (Å²) < 4.78 is 35.1. The number of hydrogen-bond donors (Lipinski definition) is 0. The van der Waals surface area contributed by atoms with Gasteiger partial charge in [0.1, 0.15) is 0 Å². The van der Waals surface area contributed by atoms with E-state index in [-0.39, 0.29) is 0 Å². The summed E-state index contributed by atoms with van der Waals surface area (Å²) in [4.78, 5) is 27.3. The lowest BCUT2D eigenvalue weighted by atomic mass is 10.1. The second-order valence-corrected chi connectivity index (χ2v) is 8.38. The maximum atomic E-state index is 13.7. The molecule has 0 aliphatic carbocycles. The molecule has 0 bridgehead atoms. The normalized spacial score (nSPS) is 10.8. The van der Waals surface area contributed by atoms with Gasteiger partial charge in [-0.2, -0.15) is 0 Å². The maximum absolute atomic E-state index is 13.7. The van der Waals surface area contributed by atoms with E-state index in [9.17, 15) is 9.59 Å². The smallest absolute Gasteiger partial charge is 0.340 e. The van der Waals surface area contributed by atoms with Crippen LogP contribution >= 0.6 is 0 Å². The van der Waals surface area contributed by atoms with Crippen LogP contribution in [0.2, 0.25) is 0 Å². The van der Waals surface area contributed by atoms with E-state index in [0.717, 1.165) is 4.57 Å². The fourth-order valence-electron chi connectivity index (χ4n) is 4.30. The van der Waals surface area contributed by atoms with E-state index in [1.165, 1.54) is 53.3 Å². The number of methoxy groups -OCH3 is 6. The standard InChI is InChI=1S/C30H30N2O8/c1-35-23-14-19(15-24(36-2)28(23)39-5)12-13-27(33)32-22(18-31(30(32)34)21-10-8-7-9-11-21)20-16-25(37-3)29(40-6)26(17-20)38-4/h7-18H,1-6H3/b13-12+. The van der Waals surface area contributed by atoms with Gasteiger partial charge in [-0.1, -0.05) is 18.2 Å². The lowest BCUT2D eigenvalue weighted by Gasteiger charge is -2.14. The van der Waals surface area contributed by atoms with E-state index in [1.54, 1.807) is 48.7 Å². The molecule has 0 N–H and O–H groups in total. The van der Waals surface area contributed by atoms with Crippen molar-refractivity contribution in [3.63, 3.8) is 0 Å². The minimum atomic E-state index is -0.572. The van der Waals surface area contributed by atoms with Gasteiger partial charge in [0, 0.05) is 17.8 Å². The van der Waals surface area contributed by atoms with Gasteiger partial charge in [-0.25, -0.2) is 9.36 Å². The highest BCUT2D eigenvalue weighted by molar-refractivity contribution is 5.96. The van der Waals surface area contributed by atoms with Crippen molar-refractivity contribution in [3.05, 3.63) is 82.9 Å². The first-order valence-electron chi connectivity index (χ1n) is 12.1. The summed E-state index contributed by atoms with van der Waals surface area (Å²) in [6.45, 7) is 0. The van der Waals surface area contributed by atoms with Gasteiger partial charge in [-0.05, 0) is 48.0 Å². The van der Waals surface area contributed by atoms with Crippen molar-refractivity contribution in [2.45, 2.75) is 0 Å². The van der Waals surface area contributed by atoms with Crippen LogP contribution in [0, 0.1) is 0 Å². The Morgan fingerprint density at radius 1 is 0.700 bits per heavy atom. The zero-order valence-electron chi connectivity index (χ0n) is 23.1. The second kappa shape index (κ2) is 12.2. The molecule has 0 aliphatic heterocycles. The van der Waals surface area contributed by atoms with E-state index in [1.807, 2.05) is 18.2 Å². The van der Waals surface area contributed by atoms with Gasteiger partial charge in [0.05, 0.1) is 54.0 Å². The van der Waals surface area contributed by atoms with Crippen molar-refractivity contribution in [2.24, 2.45) is 0 Å². The van der Waals surface area contributed by atoms with Gasteiger partial charge in [-0.3, -0.25) is 9.36 Å². The van der Waals surface area contributed by atoms with E-state index < -0.39 is 11.6 Å². The van der Waals surface area contributed by atoms with Gasteiger partial charge in [0.25, 0.3) is 5.91 Å². The SMILES string of the molecule is COc1cc(/C=C/C(=O)n2c(-c3cc(OC)c(OC)c(OC)c3)cn(-c3ccccc3)c2=O)cc(OC)c1OC. The topological polar surface area (TPSA) is 99.4 Å². The highest BCUT2D eigenvalue weighted by Crippen LogP contribution is 2.41. The molecular weight excluding hydrogens is 516 g/mol. The van der Waals surface area contributed by atoms with E-state index in [4.69, 9.17) is 28.4 Å². The summed E-state index contributed by atoms with van der Waals surface area (Å²) in [6, 6.07) is 15.8. The molecule has 0 unspecified atom stereocenters. The number of ether oxygens (including phenoxy) is 6. The van der Waals surface area contributed by atoms with Gasteiger partial charge >= 0.3 is 5.69 Å². The first-order valence-corrected chi connectivity index (χ1v) is 12.1. The van der Waals surface area contributed by atoms with Crippen LogP contribution in [0.1, 0.15) is 10.4 Å². The molecule has 0 saturated carbocycles. The van der Waals surface area contributed by atoms with Crippen molar-refractivity contribution < 1.29 is 33.2 Å². The lowest BCUT2D eigenvalue weighted by molar-refractivity contribution is 0.0967.